The van der Waals surface area contributed by atoms with Crippen LogP contribution in [0.15, 0.2) is 30.7 Å². The highest BCUT2D eigenvalue weighted by Crippen LogP contribution is 2.21. The number of hydrogen-bond acceptors (Lipinski definition) is 4. The summed E-state index contributed by atoms with van der Waals surface area (Å²) in [6.07, 6.45) is 6.75. The Balaban J connectivity index is 1.80. The Labute approximate surface area is 115 Å². The van der Waals surface area contributed by atoms with Gasteiger partial charge in [-0.15, -0.1) is 0 Å². The Hall–Kier alpha value is -1.39. The zero-order valence-corrected chi connectivity index (χ0v) is 11.0. The second-order valence-corrected chi connectivity index (χ2v) is 4.34. The lowest BCUT2D eigenvalue weighted by atomic mass is 10.1. The molecule has 18 heavy (non-hydrogen) atoms. The van der Waals surface area contributed by atoms with Gasteiger partial charge < -0.3 is 4.74 Å². The SMILES string of the molecule is Clc1ncc(Cl)c(OCCCc2ccncc2)n1. The largest absolute Gasteiger partial charge is 0.476 e. The molecule has 0 amide bonds. The van der Waals surface area contributed by atoms with E-state index >= 15 is 0 Å². The summed E-state index contributed by atoms with van der Waals surface area (Å²) in [5.74, 6) is 0.325. The summed E-state index contributed by atoms with van der Waals surface area (Å²) in [6.45, 7) is 0.523. The van der Waals surface area contributed by atoms with Crippen molar-refractivity contribution in [2.75, 3.05) is 6.61 Å². The Bertz CT molecular complexity index is 508. The van der Waals surface area contributed by atoms with Crippen molar-refractivity contribution in [1.82, 2.24) is 15.0 Å². The fourth-order valence-corrected chi connectivity index (χ4v) is 1.70. The molecule has 2 heterocycles. The van der Waals surface area contributed by atoms with E-state index in [1.54, 1.807) is 12.4 Å². The fourth-order valence-electron chi connectivity index (χ4n) is 1.43. The number of nitrogens with zero attached hydrogens (tertiary/aromatic N) is 3. The van der Waals surface area contributed by atoms with Gasteiger partial charge in [-0.3, -0.25) is 4.98 Å². The van der Waals surface area contributed by atoms with Crippen molar-refractivity contribution in [3.8, 4) is 5.88 Å². The van der Waals surface area contributed by atoms with Gasteiger partial charge in [0.05, 0.1) is 12.8 Å². The molecule has 0 saturated heterocycles. The molecule has 0 radical (unpaired) electrons. The van der Waals surface area contributed by atoms with Crippen LogP contribution < -0.4 is 4.74 Å². The van der Waals surface area contributed by atoms with Gasteiger partial charge >= 0.3 is 0 Å². The van der Waals surface area contributed by atoms with Crippen molar-refractivity contribution in [2.45, 2.75) is 12.8 Å². The zero-order valence-electron chi connectivity index (χ0n) is 9.51. The molecule has 0 atom stereocenters. The van der Waals surface area contributed by atoms with E-state index in [2.05, 4.69) is 15.0 Å². The van der Waals surface area contributed by atoms with Crippen molar-refractivity contribution in [3.63, 3.8) is 0 Å². The molecular formula is C12H11Cl2N3O. The number of aryl methyl sites for hydroxylation is 1. The minimum atomic E-state index is 0.128. The molecule has 0 aliphatic heterocycles. The lowest BCUT2D eigenvalue weighted by Gasteiger charge is -2.06. The van der Waals surface area contributed by atoms with Gasteiger partial charge in [-0.25, -0.2) is 4.98 Å². The van der Waals surface area contributed by atoms with Gasteiger partial charge in [0.25, 0.3) is 0 Å². The Morgan fingerprint density at radius 2 is 1.94 bits per heavy atom. The molecule has 4 nitrogen and oxygen atoms in total. The summed E-state index contributed by atoms with van der Waals surface area (Å²) >= 11 is 11.5. The van der Waals surface area contributed by atoms with Crippen molar-refractivity contribution < 1.29 is 4.74 Å². The third kappa shape index (κ3) is 3.82. The van der Waals surface area contributed by atoms with Crippen LogP contribution in [-0.2, 0) is 6.42 Å². The molecule has 0 spiro atoms. The molecule has 0 aromatic carbocycles. The number of hydrogen-bond donors (Lipinski definition) is 0. The van der Waals surface area contributed by atoms with E-state index < -0.39 is 0 Å². The van der Waals surface area contributed by atoms with Crippen LogP contribution >= 0.6 is 23.2 Å². The fraction of sp³-hybridized carbons (Fsp3) is 0.250. The molecule has 2 aromatic rings. The minimum absolute atomic E-state index is 0.128. The summed E-state index contributed by atoms with van der Waals surface area (Å²) in [7, 11) is 0. The van der Waals surface area contributed by atoms with E-state index in [0.29, 0.717) is 17.5 Å². The van der Waals surface area contributed by atoms with Gasteiger partial charge in [0.15, 0.2) is 0 Å². The summed E-state index contributed by atoms with van der Waals surface area (Å²) in [5, 5.41) is 0.492. The molecule has 2 aromatic heterocycles. The molecular weight excluding hydrogens is 273 g/mol. The van der Waals surface area contributed by atoms with Gasteiger partial charge in [0.1, 0.15) is 5.02 Å². The van der Waals surface area contributed by atoms with Gasteiger partial charge in [-0.2, -0.15) is 4.98 Å². The molecule has 0 N–H and O–H groups in total. The Kier molecular flexibility index (Phi) is 4.73. The van der Waals surface area contributed by atoms with Crippen LogP contribution in [0.2, 0.25) is 10.3 Å². The van der Waals surface area contributed by atoms with Gasteiger partial charge in [0.2, 0.25) is 11.2 Å². The molecule has 0 fully saturated rings. The lowest BCUT2D eigenvalue weighted by molar-refractivity contribution is 0.299. The number of pyridine rings is 1. The predicted molar refractivity (Wildman–Crippen MR) is 70.1 cm³/mol. The number of aromatic nitrogens is 3. The molecule has 0 aliphatic rings. The van der Waals surface area contributed by atoms with Crippen molar-refractivity contribution in [2.24, 2.45) is 0 Å². The van der Waals surface area contributed by atoms with Gasteiger partial charge in [-0.1, -0.05) is 11.6 Å². The van der Waals surface area contributed by atoms with E-state index in [4.69, 9.17) is 27.9 Å². The van der Waals surface area contributed by atoms with E-state index in [1.165, 1.54) is 11.8 Å². The van der Waals surface area contributed by atoms with E-state index in [-0.39, 0.29) is 5.28 Å². The van der Waals surface area contributed by atoms with Crippen LogP contribution in [0.3, 0.4) is 0 Å². The average molecular weight is 284 g/mol. The second-order valence-electron chi connectivity index (χ2n) is 3.60. The molecule has 0 bridgehead atoms. The summed E-state index contributed by atoms with van der Waals surface area (Å²) in [6, 6.07) is 3.96. The second kappa shape index (κ2) is 6.52. The van der Waals surface area contributed by atoms with Crippen LogP contribution in [0, 0.1) is 0 Å². The maximum atomic E-state index is 5.88. The third-order valence-corrected chi connectivity index (χ3v) is 2.72. The number of halogens is 2. The highest BCUT2D eigenvalue weighted by Gasteiger charge is 2.05. The van der Waals surface area contributed by atoms with Crippen LogP contribution in [0.5, 0.6) is 5.88 Å². The minimum Gasteiger partial charge on any atom is -0.476 e. The third-order valence-electron chi connectivity index (χ3n) is 2.28. The highest BCUT2D eigenvalue weighted by molar-refractivity contribution is 6.32. The van der Waals surface area contributed by atoms with E-state index in [9.17, 15) is 0 Å². The standard InChI is InChI=1S/C12H11Cl2N3O/c13-10-8-16-12(14)17-11(10)18-7-1-2-9-3-5-15-6-4-9/h3-6,8H,1-2,7H2. The maximum absolute atomic E-state index is 5.88. The molecule has 94 valence electrons. The normalized spacial score (nSPS) is 10.3. The average Bonchev–Trinajstić information content (AvgIpc) is 2.40. The first-order chi connectivity index (χ1) is 8.75. The zero-order chi connectivity index (χ0) is 12.8. The van der Waals surface area contributed by atoms with Crippen molar-refractivity contribution in [3.05, 3.63) is 46.6 Å². The molecule has 0 aliphatic carbocycles. The Morgan fingerprint density at radius 1 is 1.17 bits per heavy atom. The summed E-state index contributed by atoms with van der Waals surface area (Å²) < 4.78 is 5.46. The Morgan fingerprint density at radius 3 is 2.72 bits per heavy atom. The quantitative estimate of drug-likeness (QED) is 0.625. The predicted octanol–water partition coefficient (Wildman–Crippen LogP) is 3.19. The molecule has 2 rings (SSSR count). The number of rotatable bonds is 5. The first kappa shape index (κ1) is 13.1. The first-order valence-corrected chi connectivity index (χ1v) is 6.21. The van der Waals surface area contributed by atoms with E-state index in [0.717, 1.165) is 12.8 Å². The lowest BCUT2D eigenvalue weighted by Crippen LogP contribution is -2.02. The monoisotopic (exact) mass is 283 g/mol. The van der Waals surface area contributed by atoms with Crippen LogP contribution in [0.1, 0.15) is 12.0 Å². The molecule has 0 unspecified atom stereocenters. The van der Waals surface area contributed by atoms with Gasteiger partial charge in [-0.05, 0) is 42.1 Å². The smallest absolute Gasteiger partial charge is 0.237 e. The van der Waals surface area contributed by atoms with Crippen LogP contribution in [0.4, 0.5) is 0 Å². The summed E-state index contributed by atoms with van der Waals surface area (Å²) in [4.78, 5) is 11.6. The van der Waals surface area contributed by atoms with Crippen molar-refractivity contribution in [1.29, 1.82) is 0 Å². The van der Waals surface area contributed by atoms with Gasteiger partial charge in [0, 0.05) is 12.4 Å². The number of ether oxygens (including phenoxy) is 1. The molecule has 6 heteroatoms. The van der Waals surface area contributed by atoms with Crippen LogP contribution in [0.25, 0.3) is 0 Å². The highest BCUT2D eigenvalue weighted by atomic mass is 35.5. The first-order valence-electron chi connectivity index (χ1n) is 5.45. The van der Waals surface area contributed by atoms with Crippen molar-refractivity contribution >= 4 is 23.2 Å². The topological polar surface area (TPSA) is 47.9 Å². The van der Waals surface area contributed by atoms with Crippen LogP contribution in [-0.4, -0.2) is 21.6 Å². The maximum Gasteiger partial charge on any atom is 0.237 e. The summed E-state index contributed by atoms with van der Waals surface area (Å²) in [5.41, 5.74) is 1.22. The molecule has 0 saturated carbocycles. The van der Waals surface area contributed by atoms with E-state index in [1.807, 2.05) is 12.1 Å².